The van der Waals surface area contributed by atoms with Crippen LogP contribution >= 0.6 is 0 Å². The summed E-state index contributed by atoms with van der Waals surface area (Å²) in [6.07, 6.45) is 10.9. The Bertz CT molecular complexity index is 1100. The van der Waals surface area contributed by atoms with Gasteiger partial charge in [-0.05, 0) is 72.4 Å². The number of carbonyl (C=O) groups is 1. The van der Waals surface area contributed by atoms with Gasteiger partial charge in [0, 0.05) is 29.2 Å². The van der Waals surface area contributed by atoms with Crippen LogP contribution < -0.4 is 21.5 Å². The number of carbonyl (C=O) groups excluding carboxylic acids is 1. The first-order chi connectivity index (χ1) is 17.5. The van der Waals surface area contributed by atoms with Gasteiger partial charge in [-0.25, -0.2) is 0 Å². The van der Waals surface area contributed by atoms with E-state index in [2.05, 4.69) is 36.5 Å². The topological polar surface area (TPSA) is 90.4 Å². The van der Waals surface area contributed by atoms with Crippen molar-refractivity contribution in [3.63, 3.8) is 0 Å². The lowest BCUT2D eigenvalue weighted by atomic mass is 9.77. The van der Waals surface area contributed by atoms with Crippen molar-refractivity contribution < 1.29 is 9.53 Å². The number of ether oxygens (including phenoxy) is 1. The Kier molecular flexibility index (Phi) is 8.88. The van der Waals surface area contributed by atoms with Crippen LogP contribution in [0.1, 0.15) is 69.8 Å². The van der Waals surface area contributed by atoms with Crippen molar-refractivity contribution in [2.45, 2.75) is 64.2 Å². The molecular weight excluding hydrogens is 446 g/mol. The van der Waals surface area contributed by atoms with E-state index in [0.717, 1.165) is 17.2 Å². The normalized spacial score (nSPS) is 17.5. The van der Waals surface area contributed by atoms with Crippen molar-refractivity contribution in [2.75, 3.05) is 23.4 Å². The number of nitrogens with two attached hydrogens (primary N) is 2. The van der Waals surface area contributed by atoms with Crippen molar-refractivity contribution in [2.24, 2.45) is 5.92 Å². The van der Waals surface area contributed by atoms with Gasteiger partial charge in [-0.2, -0.15) is 0 Å². The molecule has 36 heavy (non-hydrogen) atoms. The van der Waals surface area contributed by atoms with E-state index >= 15 is 0 Å². The second kappa shape index (κ2) is 12.5. The van der Waals surface area contributed by atoms with Crippen molar-refractivity contribution >= 4 is 23.0 Å². The van der Waals surface area contributed by atoms with Crippen LogP contribution in [0.3, 0.4) is 0 Å². The molecule has 0 aliphatic heterocycles. The number of rotatable bonds is 10. The first kappa shape index (κ1) is 25.6. The molecule has 1 aliphatic rings. The number of hydrogen-bond acceptors (Lipinski definition) is 4. The zero-order chi connectivity index (χ0) is 25.3. The molecule has 3 aromatic carbocycles. The van der Waals surface area contributed by atoms with Crippen LogP contribution in [0.25, 0.3) is 11.1 Å². The van der Waals surface area contributed by atoms with Gasteiger partial charge in [-0.1, -0.05) is 69.0 Å². The van der Waals surface area contributed by atoms with Crippen LogP contribution in [0.15, 0.2) is 66.7 Å². The average molecular weight is 486 g/mol. The monoisotopic (exact) mass is 485 g/mol. The van der Waals surface area contributed by atoms with Gasteiger partial charge < -0.3 is 21.5 Å². The third-order valence-corrected chi connectivity index (χ3v) is 7.27. The Morgan fingerprint density at radius 3 is 2.08 bits per heavy atom. The zero-order valence-corrected chi connectivity index (χ0v) is 21.3. The lowest BCUT2D eigenvalue weighted by Gasteiger charge is -2.29. The SMILES string of the molecule is CCCCCC1CCC(c2ccc(-c3ccc(NC(=O)COc4cc(N)cc(N)c4)cc3)cc2)CC1. The molecule has 0 spiro atoms. The summed E-state index contributed by atoms with van der Waals surface area (Å²) < 4.78 is 5.51. The summed E-state index contributed by atoms with van der Waals surface area (Å²) in [6, 6.07) is 21.9. The summed E-state index contributed by atoms with van der Waals surface area (Å²) in [5.74, 6) is 1.87. The van der Waals surface area contributed by atoms with Gasteiger partial charge in [-0.15, -0.1) is 0 Å². The van der Waals surface area contributed by atoms with Crippen LogP contribution in [-0.4, -0.2) is 12.5 Å². The highest BCUT2D eigenvalue weighted by molar-refractivity contribution is 5.92. The van der Waals surface area contributed by atoms with Gasteiger partial charge in [0.1, 0.15) is 5.75 Å². The van der Waals surface area contributed by atoms with Gasteiger partial charge in [0.15, 0.2) is 6.61 Å². The molecule has 5 heteroatoms. The minimum absolute atomic E-state index is 0.118. The lowest BCUT2D eigenvalue weighted by Crippen LogP contribution is -2.20. The minimum atomic E-state index is -0.242. The summed E-state index contributed by atoms with van der Waals surface area (Å²) >= 11 is 0. The molecule has 0 saturated heterocycles. The van der Waals surface area contributed by atoms with Crippen molar-refractivity contribution in [3.05, 3.63) is 72.3 Å². The number of anilines is 3. The predicted octanol–water partition coefficient (Wildman–Crippen LogP) is 7.39. The minimum Gasteiger partial charge on any atom is -0.484 e. The highest BCUT2D eigenvalue weighted by Crippen LogP contribution is 2.38. The number of unbranched alkanes of at least 4 members (excludes halogenated alkanes) is 2. The van der Waals surface area contributed by atoms with Crippen LogP contribution in [0, 0.1) is 5.92 Å². The maximum absolute atomic E-state index is 12.3. The van der Waals surface area contributed by atoms with Crippen LogP contribution in [0.5, 0.6) is 5.75 Å². The standard InChI is InChI=1S/C31H39N3O2/c1-2-3-4-5-22-6-8-23(9-7-22)24-10-12-25(13-11-24)26-14-16-29(17-15-26)34-31(35)21-36-30-19-27(32)18-28(33)20-30/h10-20,22-23H,2-9,21,32-33H2,1H3,(H,34,35). The molecule has 3 aromatic rings. The van der Waals surface area contributed by atoms with Crippen LogP contribution in [-0.2, 0) is 4.79 Å². The average Bonchev–Trinajstić information content (AvgIpc) is 2.88. The molecule has 1 saturated carbocycles. The first-order valence-electron chi connectivity index (χ1n) is 13.3. The quantitative estimate of drug-likeness (QED) is 0.206. The third kappa shape index (κ3) is 7.27. The van der Waals surface area contributed by atoms with E-state index in [1.54, 1.807) is 18.2 Å². The lowest BCUT2D eigenvalue weighted by molar-refractivity contribution is -0.118. The van der Waals surface area contributed by atoms with Gasteiger partial charge in [0.25, 0.3) is 5.91 Å². The fourth-order valence-corrected chi connectivity index (χ4v) is 5.24. The Balaban J connectivity index is 1.26. The predicted molar refractivity (Wildman–Crippen MR) is 150 cm³/mol. The third-order valence-electron chi connectivity index (χ3n) is 7.27. The molecule has 4 rings (SSSR count). The molecule has 1 fully saturated rings. The first-order valence-corrected chi connectivity index (χ1v) is 13.3. The highest BCUT2D eigenvalue weighted by Gasteiger charge is 2.22. The van der Waals surface area contributed by atoms with Crippen LogP contribution in [0.2, 0.25) is 0 Å². The van der Waals surface area contributed by atoms with E-state index in [0.29, 0.717) is 23.0 Å². The second-order valence-electron chi connectivity index (χ2n) is 10.1. The molecule has 0 aromatic heterocycles. The summed E-state index contributed by atoms with van der Waals surface area (Å²) in [4.78, 5) is 12.3. The maximum Gasteiger partial charge on any atom is 0.262 e. The van der Waals surface area contributed by atoms with E-state index in [-0.39, 0.29) is 12.5 Å². The van der Waals surface area contributed by atoms with Crippen molar-refractivity contribution in [3.8, 4) is 16.9 Å². The highest BCUT2D eigenvalue weighted by atomic mass is 16.5. The summed E-state index contributed by atoms with van der Waals surface area (Å²) in [7, 11) is 0. The number of hydrogen-bond donors (Lipinski definition) is 3. The molecule has 5 nitrogen and oxygen atoms in total. The van der Waals surface area contributed by atoms with Gasteiger partial charge in [-0.3, -0.25) is 4.79 Å². The summed E-state index contributed by atoms with van der Waals surface area (Å²) in [5, 5.41) is 2.87. The molecule has 5 N–H and O–H groups in total. The zero-order valence-electron chi connectivity index (χ0n) is 21.3. The molecule has 0 bridgehead atoms. The Morgan fingerprint density at radius 2 is 1.47 bits per heavy atom. The number of benzene rings is 3. The van der Waals surface area contributed by atoms with Gasteiger partial charge >= 0.3 is 0 Å². The summed E-state index contributed by atoms with van der Waals surface area (Å²) in [6.45, 7) is 2.16. The van der Waals surface area contributed by atoms with E-state index in [1.807, 2.05) is 24.3 Å². The molecule has 0 unspecified atom stereocenters. The van der Waals surface area contributed by atoms with Gasteiger partial charge in [0.05, 0.1) is 0 Å². The Morgan fingerprint density at radius 1 is 0.861 bits per heavy atom. The molecular formula is C31H39N3O2. The fourth-order valence-electron chi connectivity index (χ4n) is 5.24. The van der Waals surface area contributed by atoms with E-state index in [1.165, 1.54) is 62.5 Å². The van der Waals surface area contributed by atoms with E-state index in [4.69, 9.17) is 16.2 Å². The Labute approximate surface area is 215 Å². The van der Waals surface area contributed by atoms with Crippen molar-refractivity contribution in [1.82, 2.24) is 0 Å². The van der Waals surface area contributed by atoms with E-state index < -0.39 is 0 Å². The smallest absolute Gasteiger partial charge is 0.262 e. The number of nitrogen functional groups attached to an aromatic ring is 2. The fraction of sp³-hybridized carbons (Fsp3) is 0.387. The molecule has 0 heterocycles. The Hall–Kier alpha value is -3.47. The number of amides is 1. The van der Waals surface area contributed by atoms with Crippen molar-refractivity contribution in [1.29, 1.82) is 0 Å². The molecule has 1 amide bonds. The van der Waals surface area contributed by atoms with Crippen LogP contribution in [0.4, 0.5) is 17.1 Å². The molecule has 0 radical (unpaired) electrons. The number of nitrogens with one attached hydrogen (secondary N) is 1. The largest absolute Gasteiger partial charge is 0.484 e. The molecule has 1 aliphatic carbocycles. The van der Waals surface area contributed by atoms with E-state index in [9.17, 15) is 4.79 Å². The summed E-state index contributed by atoms with van der Waals surface area (Å²) in [5.41, 5.74) is 17.0. The molecule has 190 valence electrons. The van der Waals surface area contributed by atoms with Gasteiger partial charge in [0.2, 0.25) is 0 Å². The second-order valence-corrected chi connectivity index (χ2v) is 10.1. The molecule has 0 atom stereocenters. The maximum atomic E-state index is 12.3.